The lowest BCUT2D eigenvalue weighted by Crippen LogP contribution is -2.55. The zero-order chi connectivity index (χ0) is 16.3. The summed E-state index contributed by atoms with van der Waals surface area (Å²) < 4.78 is 15.6. The molecule has 1 fully saturated rings. The first-order chi connectivity index (χ1) is 10.4. The largest absolute Gasteiger partial charge is 0.496 e. The molecular formula is C15H19NO6. The Morgan fingerprint density at radius 3 is 2.27 bits per heavy atom. The summed E-state index contributed by atoms with van der Waals surface area (Å²) in [6.45, 7) is 2.06. The SMILES string of the molecule is COc1cc(C(=O)NC2(C(=O)O)CCOC2)cc(OC)c1C. The van der Waals surface area contributed by atoms with Crippen molar-refractivity contribution in [3.05, 3.63) is 23.3 Å². The van der Waals surface area contributed by atoms with Crippen LogP contribution >= 0.6 is 0 Å². The van der Waals surface area contributed by atoms with E-state index in [0.717, 1.165) is 5.56 Å². The first-order valence-corrected chi connectivity index (χ1v) is 6.80. The van der Waals surface area contributed by atoms with Gasteiger partial charge < -0.3 is 24.6 Å². The third kappa shape index (κ3) is 2.85. The zero-order valence-corrected chi connectivity index (χ0v) is 12.8. The van der Waals surface area contributed by atoms with E-state index in [0.29, 0.717) is 18.1 Å². The zero-order valence-electron chi connectivity index (χ0n) is 12.8. The van der Waals surface area contributed by atoms with Crippen molar-refractivity contribution in [2.45, 2.75) is 18.9 Å². The Hall–Kier alpha value is -2.28. The molecule has 0 aliphatic carbocycles. The number of benzene rings is 1. The quantitative estimate of drug-likeness (QED) is 0.842. The molecule has 2 rings (SSSR count). The van der Waals surface area contributed by atoms with Crippen LogP contribution in [0.2, 0.25) is 0 Å². The molecule has 22 heavy (non-hydrogen) atoms. The lowest BCUT2D eigenvalue weighted by atomic mass is 9.98. The van der Waals surface area contributed by atoms with Gasteiger partial charge in [0.2, 0.25) is 0 Å². The second-order valence-electron chi connectivity index (χ2n) is 5.15. The molecule has 0 bridgehead atoms. The van der Waals surface area contributed by atoms with Crippen LogP contribution < -0.4 is 14.8 Å². The van der Waals surface area contributed by atoms with Crippen molar-refractivity contribution in [1.82, 2.24) is 5.32 Å². The number of rotatable bonds is 5. The summed E-state index contributed by atoms with van der Waals surface area (Å²) in [7, 11) is 2.99. The Kier molecular flexibility index (Phi) is 4.56. The smallest absolute Gasteiger partial charge is 0.331 e. The number of hydrogen-bond acceptors (Lipinski definition) is 5. The van der Waals surface area contributed by atoms with Crippen molar-refractivity contribution in [2.24, 2.45) is 0 Å². The molecule has 0 saturated carbocycles. The van der Waals surface area contributed by atoms with Gasteiger partial charge in [0.1, 0.15) is 11.5 Å². The van der Waals surface area contributed by atoms with Crippen molar-refractivity contribution in [3.8, 4) is 11.5 Å². The third-order valence-corrected chi connectivity index (χ3v) is 3.80. The van der Waals surface area contributed by atoms with Crippen molar-refractivity contribution >= 4 is 11.9 Å². The van der Waals surface area contributed by atoms with E-state index in [1.807, 2.05) is 6.92 Å². The third-order valence-electron chi connectivity index (χ3n) is 3.80. The van der Waals surface area contributed by atoms with Gasteiger partial charge in [0.25, 0.3) is 5.91 Å². The number of amides is 1. The van der Waals surface area contributed by atoms with E-state index in [9.17, 15) is 14.7 Å². The molecule has 1 aliphatic heterocycles. The number of carboxylic acid groups (broad SMARTS) is 1. The Labute approximate surface area is 128 Å². The predicted octanol–water partition coefficient (Wildman–Crippen LogP) is 0.986. The van der Waals surface area contributed by atoms with Gasteiger partial charge in [0.05, 0.1) is 20.8 Å². The molecule has 2 N–H and O–H groups in total. The highest BCUT2D eigenvalue weighted by Crippen LogP contribution is 2.30. The van der Waals surface area contributed by atoms with Crippen LogP contribution in [0.25, 0.3) is 0 Å². The molecule has 1 atom stereocenters. The second-order valence-corrected chi connectivity index (χ2v) is 5.15. The highest BCUT2D eigenvalue weighted by Gasteiger charge is 2.44. The molecule has 1 heterocycles. The van der Waals surface area contributed by atoms with Crippen LogP contribution in [0.4, 0.5) is 0 Å². The first-order valence-electron chi connectivity index (χ1n) is 6.80. The maximum atomic E-state index is 12.4. The van der Waals surface area contributed by atoms with Gasteiger partial charge in [0, 0.05) is 24.2 Å². The lowest BCUT2D eigenvalue weighted by Gasteiger charge is -2.24. The summed E-state index contributed by atoms with van der Waals surface area (Å²) in [5, 5.41) is 11.9. The number of carbonyl (C=O) groups excluding carboxylic acids is 1. The van der Waals surface area contributed by atoms with Crippen molar-refractivity contribution in [2.75, 3.05) is 27.4 Å². The highest BCUT2D eigenvalue weighted by molar-refractivity contribution is 5.98. The molecular weight excluding hydrogens is 290 g/mol. The van der Waals surface area contributed by atoms with Crippen LogP contribution in [0.5, 0.6) is 11.5 Å². The van der Waals surface area contributed by atoms with E-state index >= 15 is 0 Å². The minimum absolute atomic E-state index is 0.0474. The second kappa shape index (κ2) is 6.23. The van der Waals surface area contributed by atoms with E-state index < -0.39 is 17.4 Å². The molecule has 7 nitrogen and oxygen atoms in total. The van der Waals surface area contributed by atoms with Crippen LogP contribution in [-0.4, -0.2) is 50.0 Å². The van der Waals surface area contributed by atoms with E-state index in [1.54, 1.807) is 12.1 Å². The highest BCUT2D eigenvalue weighted by atomic mass is 16.5. The van der Waals surface area contributed by atoms with E-state index in [4.69, 9.17) is 14.2 Å². The summed E-state index contributed by atoms with van der Waals surface area (Å²) >= 11 is 0. The van der Waals surface area contributed by atoms with Crippen LogP contribution in [0.15, 0.2) is 12.1 Å². The number of carboxylic acids is 1. The molecule has 1 saturated heterocycles. The summed E-state index contributed by atoms with van der Waals surface area (Å²) in [5.74, 6) is -0.623. The Balaban J connectivity index is 2.31. The summed E-state index contributed by atoms with van der Waals surface area (Å²) in [6.07, 6.45) is 0.230. The molecule has 1 aromatic carbocycles. The minimum Gasteiger partial charge on any atom is -0.496 e. The number of nitrogens with one attached hydrogen (secondary N) is 1. The molecule has 1 aliphatic rings. The van der Waals surface area contributed by atoms with Crippen molar-refractivity contribution in [1.29, 1.82) is 0 Å². The number of carbonyl (C=O) groups is 2. The topological polar surface area (TPSA) is 94.1 Å². The molecule has 120 valence electrons. The lowest BCUT2D eigenvalue weighted by molar-refractivity contribution is -0.144. The van der Waals surface area contributed by atoms with Gasteiger partial charge in [-0.25, -0.2) is 4.79 Å². The van der Waals surface area contributed by atoms with Gasteiger partial charge in [-0.05, 0) is 19.1 Å². The predicted molar refractivity (Wildman–Crippen MR) is 77.6 cm³/mol. The monoisotopic (exact) mass is 309 g/mol. The molecule has 0 aromatic heterocycles. The summed E-state index contributed by atoms with van der Waals surface area (Å²) in [6, 6.07) is 3.11. The summed E-state index contributed by atoms with van der Waals surface area (Å²) in [5.41, 5.74) is -0.354. The van der Waals surface area contributed by atoms with Gasteiger partial charge in [0.15, 0.2) is 5.54 Å². The van der Waals surface area contributed by atoms with Gasteiger partial charge in [-0.2, -0.15) is 0 Å². The fraction of sp³-hybridized carbons (Fsp3) is 0.467. The molecule has 7 heteroatoms. The Morgan fingerprint density at radius 1 is 1.27 bits per heavy atom. The number of methoxy groups -OCH3 is 2. The molecule has 0 spiro atoms. The molecule has 1 aromatic rings. The normalized spacial score (nSPS) is 20.5. The average Bonchev–Trinajstić information content (AvgIpc) is 2.97. The average molecular weight is 309 g/mol. The minimum atomic E-state index is -1.39. The van der Waals surface area contributed by atoms with Crippen LogP contribution in [-0.2, 0) is 9.53 Å². The van der Waals surface area contributed by atoms with Crippen LogP contribution in [0.3, 0.4) is 0 Å². The molecule has 0 radical (unpaired) electrons. The summed E-state index contributed by atoms with van der Waals surface area (Å²) in [4.78, 5) is 23.9. The van der Waals surface area contributed by atoms with Gasteiger partial charge in [-0.3, -0.25) is 4.79 Å². The Morgan fingerprint density at radius 2 is 1.86 bits per heavy atom. The molecule has 1 unspecified atom stereocenters. The number of hydrogen-bond donors (Lipinski definition) is 2. The maximum absolute atomic E-state index is 12.4. The first kappa shape index (κ1) is 16.1. The van der Waals surface area contributed by atoms with Gasteiger partial charge in [-0.1, -0.05) is 0 Å². The fourth-order valence-electron chi connectivity index (χ4n) is 2.39. The molecule has 1 amide bonds. The van der Waals surface area contributed by atoms with Gasteiger partial charge >= 0.3 is 5.97 Å². The van der Waals surface area contributed by atoms with E-state index in [2.05, 4.69) is 5.32 Å². The number of ether oxygens (including phenoxy) is 3. The van der Waals surface area contributed by atoms with E-state index in [-0.39, 0.29) is 18.6 Å². The van der Waals surface area contributed by atoms with Gasteiger partial charge in [-0.15, -0.1) is 0 Å². The fourth-order valence-corrected chi connectivity index (χ4v) is 2.39. The van der Waals surface area contributed by atoms with Crippen LogP contribution in [0, 0.1) is 6.92 Å². The van der Waals surface area contributed by atoms with Crippen molar-refractivity contribution in [3.63, 3.8) is 0 Å². The number of aliphatic carboxylic acids is 1. The standard InChI is InChI=1S/C15H19NO6/c1-9-11(20-2)6-10(7-12(9)21-3)13(17)16-15(14(18)19)4-5-22-8-15/h6-7H,4-5,8H2,1-3H3,(H,16,17)(H,18,19). The Bertz CT molecular complexity index is 567. The van der Waals surface area contributed by atoms with E-state index in [1.165, 1.54) is 14.2 Å². The van der Waals surface area contributed by atoms with Crippen molar-refractivity contribution < 1.29 is 28.9 Å². The van der Waals surface area contributed by atoms with Crippen LogP contribution in [0.1, 0.15) is 22.3 Å². The maximum Gasteiger partial charge on any atom is 0.331 e.